The van der Waals surface area contributed by atoms with Crippen LogP contribution in [0.2, 0.25) is 0 Å². The summed E-state index contributed by atoms with van der Waals surface area (Å²) in [5.74, 6) is 0.943. The summed E-state index contributed by atoms with van der Waals surface area (Å²) in [7, 11) is 2.32. The summed E-state index contributed by atoms with van der Waals surface area (Å²) >= 11 is 0. The molecule has 0 aromatic carbocycles. The molecule has 0 aromatic rings. The molecule has 0 aliphatic carbocycles. The van der Waals surface area contributed by atoms with Gasteiger partial charge in [-0.1, -0.05) is 6.92 Å². The minimum Gasteiger partial charge on any atom is -0.315 e. The van der Waals surface area contributed by atoms with E-state index >= 15 is 0 Å². The Hall–Kier alpha value is -0.120. The fraction of sp³-hybridized carbons (Fsp3) is 1.00. The zero-order valence-electron chi connectivity index (χ0n) is 13.2. The van der Waals surface area contributed by atoms with Crippen LogP contribution in [-0.4, -0.2) is 61.7 Å². The molecule has 1 N–H and O–H groups in total. The quantitative estimate of drug-likeness (QED) is 0.796. The van der Waals surface area contributed by atoms with Gasteiger partial charge in [-0.25, -0.2) is 0 Å². The van der Waals surface area contributed by atoms with Gasteiger partial charge in [0.2, 0.25) is 0 Å². The fourth-order valence-corrected chi connectivity index (χ4v) is 4.00. The predicted octanol–water partition coefficient (Wildman–Crippen LogP) is 2.18. The Labute approximate surface area is 119 Å². The molecule has 0 aromatic heterocycles. The van der Waals surface area contributed by atoms with Gasteiger partial charge in [0.05, 0.1) is 0 Å². The molecule has 0 bridgehead atoms. The van der Waals surface area contributed by atoms with E-state index in [-0.39, 0.29) is 0 Å². The van der Waals surface area contributed by atoms with E-state index < -0.39 is 0 Å². The summed E-state index contributed by atoms with van der Waals surface area (Å²) in [5, 5.41) is 3.51. The summed E-state index contributed by atoms with van der Waals surface area (Å²) in [5.41, 5.74) is 0. The monoisotopic (exact) mass is 267 g/mol. The van der Waals surface area contributed by atoms with Crippen LogP contribution in [0.5, 0.6) is 0 Å². The molecule has 0 spiro atoms. The van der Waals surface area contributed by atoms with Crippen molar-refractivity contribution in [3.8, 4) is 0 Å². The van der Waals surface area contributed by atoms with Crippen molar-refractivity contribution < 1.29 is 0 Å². The SMILES string of the molecule is CCNC(C)CCCN1CCC2C(CCCN2C)C1. The summed E-state index contributed by atoms with van der Waals surface area (Å²) in [4.78, 5) is 5.33. The van der Waals surface area contributed by atoms with Crippen molar-refractivity contribution in [3.63, 3.8) is 0 Å². The van der Waals surface area contributed by atoms with Crippen molar-refractivity contribution in [2.24, 2.45) is 5.92 Å². The van der Waals surface area contributed by atoms with Crippen molar-refractivity contribution in [1.29, 1.82) is 0 Å². The minimum absolute atomic E-state index is 0.684. The molecule has 0 amide bonds. The first-order valence-electron chi connectivity index (χ1n) is 8.36. The second kappa shape index (κ2) is 7.61. The van der Waals surface area contributed by atoms with Crippen molar-refractivity contribution in [2.75, 3.05) is 39.8 Å². The highest BCUT2D eigenvalue weighted by Crippen LogP contribution is 2.29. The first-order valence-corrected chi connectivity index (χ1v) is 8.36. The van der Waals surface area contributed by atoms with Gasteiger partial charge in [0.1, 0.15) is 0 Å². The number of nitrogens with zero attached hydrogens (tertiary/aromatic N) is 2. The van der Waals surface area contributed by atoms with Crippen LogP contribution in [0.4, 0.5) is 0 Å². The largest absolute Gasteiger partial charge is 0.315 e. The van der Waals surface area contributed by atoms with E-state index in [4.69, 9.17) is 0 Å². The van der Waals surface area contributed by atoms with Crippen molar-refractivity contribution in [1.82, 2.24) is 15.1 Å². The van der Waals surface area contributed by atoms with E-state index in [0.717, 1.165) is 18.5 Å². The Balaban J connectivity index is 1.66. The number of likely N-dealkylation sites (tertiary alicyclic amines) is 2. The molecule has 2 heterocycles. The van der Waals surface area contributed by atoms with E-state index in [2.05, 4.69) is 36.0 Å². The van der Waals surface area contributed by atoms with Crippen LogP contribution >= 0.6 is 0 Å². The van der Waals surface area contributed by atoms with Crippen LogP contribution in [-0.2, 0) is 0 Å². The predicted molar refractivity (Wildman–Crippen MR) is 82.6 cm³/mol. The first-order chi connectivity index (χ1) is 9.20. The normalized spacial score (nSPS) is 31.1. The second-order valence-corrected chi connectivity index (χ2v) is 6.64. The molecule has 0 radical (unpaired) electrons. The van der Waals surface area contributed by atoms with Gasteiger partial charge in [0.15, 0.2) is 0 Å². The zero-order chi connectivity index (χ0) is 13.7. The molecule has 3 unspecified atom stereocenters. The standard InChI is InChI=1S/C16H33N3/c1-4-17-14(2)7-5-11-19-12-9-16-15(13-19)8-6-10-18(16)3/h14-17H,4-13H2,1-3H3. The summed E-state index contributed by atoms with van der Waals surface area (Å²) in [6.45, 7) is 10.9. The lowest BCUT2D eigenvalue weighted by Gasteiger charge is -2.46. The third kappa shape index (κ3) is 4.44. The molecule has 2 aliphatic rings. The number of rotatable bonds is 6. The second-order valence-electron chi connectivity index (χ2n) is 6.64. The Morgan fingerprint density at radius 3 is 2.89 bits per heavy atom. The minimum atomic E-state index is 0.684. The lowest BCUT2D eigenvalue weighted by atomic mass is 9.84. The summed E-state index contributed by atoms with van der Waals surface area (Å²) in [6.07, 6.45) is 6.92. The third-order valence-electron chi connectivity index (χ3n) is 5.09. The van der Waals surface area contributed by atoms with Crippen LogP contribution in [0.3, 0.4) is 0 Å². The van der Waals surface area contributed by atoms with Crippen LogP contribution in [0.15, 0.2) is 0 Å². The molecule has 2 aliphatic heterocycles. The Bertz CT molecular complexity index is 256. The van der Waals surface area contributed by atoms with E-state index in [1.807, 2.05) is 0 Å². The maximum atomic E-state index is 3.51. The molecular formula is C16H33N3. The van der Waals surface area contributed by atoms with E-state index in [1.165, 1.54) is 58.3 Å². The van der Waals surface area contributed by atoms with Gasteiger partial charge in [-0.05, 0) is 78.2 Å². The van der Waals surface area contributed by atoms with E-state index in [9.17, 15) is 0 Å². The van der Waals surface area contributed by atoms with Crippen molar-refractivity contribution in [2.45, 2.75) is 58.0 Å². The molecule has 3 heteroatoms. The van der Waals surface area contributed by atoms with Gasteiger partial charge in [-0.3, -0.25) is 0 Å². The molecular weight excluding hydrogens is 234 g/mol. The van der Waals surface area contributed by atoms with Gasteiger partial charge in [0, 0.05) is 18.6 Å². The molecule has 3 nitrogen and oxygen atoms in total. The average molecular weight is 267 g/mol. The van der Waals surface area contributed by atoms with Gasteiger partial charge < -0.3 is 15.1 Å². The molecule has 2 saturated heterocycles. The lowest BCUT2D eigenvalue weighted by Crippen LogP contribution is -2.52. The zero-order valence-corrected chi connectivity index (χ0v) is 13.2. The molecule has 2 rings (SSSR count). The smallest absolute Gasteiger partial charge is 0.0145 e. The van der Waals surface area contributed by atoms with Gasteiger partial charge in [0.25, 0.3) is 0 Å². The van der Waals surface area contributed by atoms with Gasteiger partial charge >= 0.3 is 0 Å². The Kier molecular flexibility index (Phi) is 6.11. The molecule has 19 heavy (non-hydrogen) atoms. The Morgan fingerprint density at radius 2 is 2.11 bits per heavy atom. The fourth-order valence-electron chi connectivity index (χ4n) is 4.00. The number of hydrogen-bond acceptors (Lipinski definition) is 3. The number of piperidine rings is 2. The van der Waals surface area contributed by atoms with Crippen LogP contribution < -0.4 is 5.32 Å². The van der Waals surface area contributed by atoms with Crippen molar-refractivity contribution >= 4 is 0 Å². The van der Waals surface area contributed by atoms with Gasteiger partial charge in [-0.15, -0.1) is 0 Å². The van der Waals surface area contributed by atoms with Crippen LogP contribution in [0.1, 0.15) is 46.0 Å². The molecule has 0 saturated carbocycles. The Morgan fingerprint density at radius 1 is 1.26 bits per heavy atom. The average Bonchev–Trinajstić information content (AvgIpc) is 2.39. The highest BCUT2D eigenvalue weighted by molar-refractivity contribution is 4.89. The van der Waals surface area contributed by atoms with Crippen LogP contribution in [0.25, 0.3) is 0 Å². The first kappa shape index (κ1) is 15.3. The number of nitrogens with one attached hydrogen (secondary N) is 1. The lowest BCUT2D eigenvalue weighted by molar-refractivity contribution is 0.0378. The number of fused-ring (bicyclic) bond motifs is 1. The highest BCUT2D eigenvalue weighted by atomic mass is 15.2. The molecule has 3 atom stereocenters. The van der Waals surface area contributed by atoms with Crippen molar-refractivity contribution in [3.05, 3.63) is 0 Å². The third-order valence-corrected chi connectivity index (χ3v) is 5.09. The van der Waals surface area contributed by atoms with Crippen LogP contribution in [0, 0.1) is 5.92 Å². The topological polar surface area (TPSA) is 18.5 Å². The number of hydrogen-bond donors (Lipinski definition) is 1. The summed E-state index contributed by atoms with van der Waals surface area (Å²) < 4.78 is 0. The van der Waals surface area contributed by atoms with E-state index in [0.29, 0.717) is 6.04 Å². The van der Waals surface area contributed by atoms with Gasteiger partial charge in [-0.2, -0.15) is 0 Å². The molecule has 2 fully saturated rings. The maximum Gasteiger partial charge on any atom is 0.0145 e. The summed E-state index contributed by atoms with van der Waals surface area (Å²) in [6, 6.07) is 1.56. The molecule has 112 valence electrons. The van der Waals surface area contributed by atoms with E-state index in [1.54, 1.807) is 0 Å². The highest BCUT2D eigenvalue weighted by Gasteiger charge is 2.33. The maximum absolute atomic E-state index is 3.51.